The summed E-state index contributed by atoms with van der Waals surface area (Å²) in [6, 6.07) is 26.2. The van der Waals surface area contributed by atoms with Crippen molar-refractivity contribution >= 4 is 5.69 Å². The van der Waals surface area contributed by atoms with E-state index < -0.39 is 0 Å². The third kappa shape index (κ3) is 4.42. The zero-order valence-electron chi connectivity index (χ0n) is 15.7. The normalized spacial score (nSPS) is 11.4. The van der Waals surface area contributed by atoms with Crippen molar-refractivity contribution in [2.45, 2.75) is 13.0 Å². The van der Waals surface area contributed by atoms with E-state index in [2.05, 4.69) is 21.6 Å². The second-order valence-electron chi connectivity index (χ2n) is 6.44. The van der Waals surface area contributed by atoms with Crippen LogP contribution in [0.3, 0.4) is 0 Å². The van der Waals surface area contributed by atoms with Crippen molar-refractivity contribution < 1.29 is 9.15 Å². The Morgan fingerprint density at radius 1 is 0.897 bits per heavy atom. The molecule has 0 aliphatic heterocycles. The van der Waals surface area contributed by atoms with E-state index in [0.29, 0.717) is 28.8 Å². The minimum atomic E-state index is -0.148. The van der Waals surface area contributed by atoms with Crippen LogP contribution in [-0.2, 0) is 0 Å². The second kappa shape index (κ2) is 8.28. The lowest BCUT2D eigenvalue weighted by atomic mass is 10.2. The van der Waals surface area contributed by atoms with Crippen LogP contribution in [0.25, 0.3) is 11.5 Å². The summed E-state index contributed by atoms with van der Waals surface area (Å²) in [5, 5.41) is 20.5. The van der Waals surface area contributed by atoms with Crippen molar-refractivity contribution in [2.24, 2.45) is 0 Å². The van der Waals surface area contributed by atoms with Crippen molar-refractivity contribution in [1.82, 2.24) is 10.2 Å². The first-order chi connectivity index (χ1) is 14.2. The largest absolute Gasteiger partial charge is 0.457 e. The fourth-order valence-corrected chi connectivity index (χ4v) is 2.77. The highest BCUT2D eigenvalue weighted by Crippen LogP contribution is 2.26. The lowest BCUT2D eigenvalue weighted by Crippen LogP contribution is -2.06. The summed E-state index contributed by atoms with van der Waals surface area (Å²) in [6.07, 6.45) is 0. The van der Waals surface area contributed by atoms with Gasteiger partial charge >= 0.3 is 0 Å². The van der Waals surface area contributed by atoms with E-state index >= 15 is 0 Å². The third-order valence-electron chi connectivity index (χ3n) is 4.29. The predicted molar refractivity (Wildman–Crippen MR) is 109 cm³/mol. The van der Waals surface area contributed by atoms with E-state index in [1.165, 1.54) is 0 Å². The third-order valence-corrected chi connectivity index (χ3v) is 4.29. The smallest absolute Gasteiger partial charge is 0.247 e. The van der Waals surface area contributed by atoms with Crippen molar-refractivity contribution in [1.29, 1.82) is 5.26 Å². The van der Waals surface area contributed by atoms with Crippen molar-refractivity contribution in [2.75, 3.05) is 5.32 Å². The minimum Gasteiger partial charge on any atom is -0.457 e. The van der Waals surface area contributed by atoms with Gasteiger partial charge in [0.25, 0.3) is 0 Å². The molecule has 0 aliphatic rings. The van der Waals surface area contributed by atoms with Crippen molar-refractivity contribution in [3.8, 4) is 29.0 Å². The van der Waals surface area contributed by atoms with Crippen LogP contribution in [0, 0.1) is 11.3 Å². The van der Waals surface area contributed by atoms with Crippen molar-refractivity contribution in [3.63, 3.8) is 0 Å². The summed E-state index contributed by atoms with van der Waals surface area (Å²) >= 11 is 0. The molecule has 1 aromatic heterocycles. The number of nitrogens with zero attached hydrogens (tertiary/aromatic N) is 3. The van der Waals surface area contributed by atoms with Gasteiger partial charge in [0.2, 0.25) is 11.8 Å². The van der Waals surface area contributed by atoms with Gasteiger partial charge in [-0.15, -0.1) is 10.2 Å². The Hall–Kier alpha value is -4.11. The highest BCUT2D eigenvalue weighted by molar-refractivity contribution is 5.52. The average molecular weight is 382 g/mol. The molecule has 0 fully saturated rings. The van der Waals surface area contributed by atoms with Crippen LogP contribution in [-0.4, -0.2) is 10.2 Å². The molecule has 0 saturated carbocycles. The molecule has 1 unspecified atom stereocenters. The van der Waals surface area contributed by atoms with E-state index in [1.807, 2.05) is 61.5 Å². The molecule has 0 aliphatic carbocycles. The van der Waals surface area contributed by atoms with E-state index in [1.54, 1.807) is 24.3 Å². The molecule has 0 amide bonds. The van der Waals surface area contributed by atoms with Gasteiger partial charge in [-0.05, 0) is 67.6 Å². The molecule has 6 nitrogen and oxygen atoms in total. The first-order valence-corrected chi connectivity index (χ1v) is 9.15. The van der Waals surface area contributed by atoms with Gasteiger partial charge in [0.05, 0.1) is 11.6 Å². The van der Waals surface area contributed by atoms with Crippen LogP contribution in [0.1, 0.15) is 24.4 Å². The molecular weight excluding hydrogens is 364 g/mol. The Bertz CT molecular complexity index is 1110. The van der Waals surface area contributed by atoms with Crippen LogP contribution in [0.15, 0.2) is 83.3 Å². The van der Waals surface area contributed by atoms with Gasteiger partial charge < -0.3 is 14.5 Å². The van der Waals surface area contributed by atoms with Gasteiger partial charge in [0, 0.05) is 11.3 Å². The van der Waals surface area contributed by atoms with Crippen LogP contribution in [0.5, 0.6) is 11.5 Å². The standard InChI is InChI=1S/C23H18N4O2/c1-16(22-26-27-23(29-22)18-5-3-2-4-6-18)25-19-9-13-21(14-10-19)28-20-11-7-17(15-24)8-12-20/h2-14,16,25H,1H3. The van der Waals surface area contributed by atoms with E-state index in [-0.39, 0.29) is 6.04 Å². The summed E-state index contributed by atoms with van der Waals surface area (Å²) in [6.45, 7) is 1.96. The molecule has 142 valence electrons. The maximum atomic E-state index is 8.85. The Morgan fingerprint density at radius 2 is 1.55 bits per heavy atom. The summed E-state index contributed by atoms with van der Waals surface area (Å²) in [4.78, 5) is 0. The lowest BCUT2D eigenvalue weighted by Gasteiger charge is -2.12. The number of hydrogen-bond acceptors (Lipinski definition) is 6. The molecule has 6 heteroatoms. The van der Waals surface area contributed by atoms with Crippen LogP contribution >= 0.6 is 0 Å². The topological polar surface area (TPSA) is 84.0 Å². The van der Waals surface area contributed by atoms with Gasteiger partial charge in [-0.25, -0.2) is 0 Å². The molecule has 0 radical (unpaired) electrons. The number of aromatic nitrogens is 2. The first-order valence-electron chi connectivity index (χ1n) is 9.15. The van der Waals surface area contributed by atoms with E-state index in [4.69, 9.17) is 14.4 Å². The van der Waals surface area contributed by atoms with Gasteiger partial charge in [-0.3, -0.25) is 0 Å². The van der Waals surface area contributed by atoms with Gasteiger partial charge in [0.1, 0.15) is 17.5 Å². The average Bonchev–Trinajstić information content (AvgIpc) is 3.27. The Labute approximate surface area is 168 Å². The molecular formula is C23H18N4O2. The fraction of sp³-hybridized carbons (Fsp3) is 0.0870. The highest BCUT2D eigenvalue weighted by Gasteiger charge is 2.15. The van der Waals surface area contributed by atoms with Gasteiger partial charge in [-0.2, -0.15) is 5.26 Å². The predicted octanol–water partition coefficient (Wildman–Crippen LogP) is 5.57. The zero-order chi connectivity index (χ0) is 20.1. The van der Waals surface area contributed by atoms with E-state index in [0.717, 1.165) is 11.3 Å². The molecule has 0 spiro atoms. The second-order valence-corrected chi connectivity index (χ2v) is 6.44. The lowest BCUT2D eigenvalue weighted by molar-refractivity contribution is 0.482. The molecule has 29 heavy (non-hydrogen) atoms. The number of nitrogens with one attached hydrogen (secondary N) is 1. The molecule has 0 bridgehead atoms. The van der Waals surface area contributed by atoms with Crippen molar-refractivity contribution in [3.05, 3.63) is 90.3 Å². The van der Waals surface area contributed by atoms with E-state index in [9.17, 15) is 0 Å². The molecule has 4 aromatic rings. The fourth-order valence-electron chi connectivity index (χ4n) is 2.77. The highest BCUT2D eigenvalue weighted by atomic mass is 16.5. The van der Waals surface area contributed by atoms with Gasteiger partial charge in [0.15, 0.2) is 0 Å². The van der Waals surface area contributed by atoms with Crippen LogP contribution < -0.4 is 10.1 Å². The molecule has 1 N–H and O–H groups in total. The maximum Gasteiger partial charge on any atom is 0.247 e. The SMILES string of the molecule is CC(Nc1ccc(Oc2ccc(C#N)cc2)cc1)c1nnc(-c2ccccc2)o1. The quantitative estimate of drug-likeness (QED) is 0.469. The molecule has 0 saturated heterocycles. The number of anilines is 1. The Balaban J connectivity index is 1.39. The Kier molecular flexibility index (Phi) is 5.21. The molecule has 1 heterocycles. The Morgan fingerprint density at radius 3 is 2.21 bits per heavy atom. The summed E-state index contributed by atoms with van der Waals surface area (Å²) in [5.41, 5.74) is 2.40. The summed E-state index contributed by atoms with van der Waals surface area (Å²) in [7, 11) is 0. The number of benzene rings is 3. The number of ether oxygens (including phenoxy) is 1. The monoisotopic (exact) mass is 382 g/mol. The molecule has 1 atom stereocenters. The first kappa shape index (κ1) is 18.3. The number of rotatable bonds is 6. The number of hydrogen-bond donors (Lipinski definition) is 1. The van der Waals surface area contributed by atoms with Gasteiger partial charge in [-0.1, -0.05) is 18.2 Å². The molecule has 4 rings (SSSR count). The maximum absolute atomic E-state index is 8.85. The zero-order valence-corrected chi connectivity index (χ0v) is 15.7. The summed E-state index contributed by atoms with van der Waals surface area (Å²) < 4.78 is 11.6. The summed E-state index contributed by atoms with van der Waals surface area (Å²) in [5.74, 6) is 2.40. The van der Waals surface area contributed by atoms with Crippen LogP contribution in [0.2, 0.25) is 0 Å². The minimum absolute atomic E-state index is 0.148. The van der Waals surface area contributed by atoms with Crippen LogP contribution in [0.4, 0.5) is 5.69 Å². The molecule has 3 aromatic carbocycles. The number of nitriles is 1.